The Labute approximate surface area is 248 Å². The lowest BCUT2D eigenvalue weighted by molar-refractivity contribution is -0.130. The van der Waals surface area contributed by atoms with Crippen LogP contribution >= 0.6 is 0 Å². The van der Waals surface area contributed by atoms with Crippen LogP contribution in [-0.2, 0) is 22.7 Å². The van der Waals surface area contributed by atoms with E-state index < -0.39 is 17.8 Å². The fourth-order valence-electron chi connectivity index (χ4n) is 4.71. The minimum absolute atomic E-state index is 0.0904. The summed E-state index contributed by atoms with van der Waals surface area (Å²) < 4.78 is 30.9. The summed E-state index contributed by atoms with van der Waals surface area (Å²) >= 11 is 0. The molecule has 5 rings (SSSR count). The van der Waals surface area contributed by atoms with E-state index >= 15 is 0 Å². The summed E-state index contributed by atoms with van der Waals surface area (Å²) in [6.07, 6.45) is 2.28. The van der Waals surface area contributed by atoms with Crippen LogP contribution in [0.4, 0.5) is 9.18 Å². The molecule has 1 N–H and O–H groups in total. The molecule has 0 atom stereocenters. The monoisotopic (exact) mass is 582 g/mol. The topological polar surface area (TPSA) is 94.2 Å². The molecule has 0 radical (unpaired) electrons. The van der Waals surface area contributed by atoms with Gasteiger partial charge in [0.1, 0.15) is 23.7 Å². The molecule has 0 saturated carbocycles. The molecular formula is C34H31FN2O6. The maximum Gasteiger partial charge on any atom is 0.331 e. The highest BCUT2D eigenvalue weighted by molar-refractivity contribution is 6.31. The summed E-state index contributed by atoms with van der Waals surface area (Å²) in [5, 5.41) is 3.91. The van der Waals surface area contributed by atoms with Crippen molar-refractivity contribution in [3.63, 3.8) is 0 Å². The van der Waals surface area contributed by atoms with Crippen LogP contribution in [0.1, 0.15) is 37.0 Å². The largest absolute Gasteiger partial charge is 0.490 e. The van der Waals surface area contributed by atoms with Crippen molar-refractivity contribution in [3.8, 4) is 17.2 Å². The van der Waals surface area contributed by atoms with Gasteiger partial charge >= 0.3 is 6.03 Å². The van der Waals surface area contributed by atoms with Crippen molar-refractivity contribution in [1.82, 2.24) is 10.2 Å². The zero-order valence-electron chi connectivity index (χ0n) is 23.9. The summed E-state index contributed by atoms with van der Waals surface area (Å²) in [7, 11) is 0. The van der Waals surface area contributed by atoms with Gasteiger partial charge in [0.25, 0.3) is 11.8 Å². The van der Waals surface area contributed by atoms with Gasteiger partial charge in [-0.05, 0) is 71.7 Å². The normalized spacial score (nSPS) is 14.3. The Bertz CT molecular complexity index is 1700. The highest BCUT2D eigenvalue weighted by Crippen LogP contribution is 2.33. The number of barbiturate groups is 1. The zero-order valence-corrected chi connectivity index (χ0v) is 23.9. The molecule has 220 valence electrons. The number of carbonyl (C=O) groups is 3. The highest BCUT2D eigenvalue weighted by atomic mass is 19.1. The van der Waals surface area contributed by atoms with Gasteiger partial charge in [-0.25, -0.2) is 9.18 Å². The van der Waals surface area contributed by atoms with Crippen molar-refractivity contribution < 1.29 is 33.0 Å². The Morgan fingerprint density at radius 3 is 2.33 bits per heavy atom. The lowest BCUT2D eigenvalue weighted by Crippen LogP contribution is -2.53. The van der Waals surface area contributed by atoms with Crippen molar-refractivity contribution in [2.75, 3.05) is 13.2 Å². The molecule has 1 fully saturated rings. The van der Waals surface area contributed by atoms with Gasteiger partial charge in [0.15, 0.2) is 11.5 Å². The predicted molar refractivity (Wildman–Crippen MR) is 160 cm³/mol. The number of urea groups is 1. The molecule has 9 heteroatoms. The van der Waals surface area contributed by atoms with Gasteiger partial charge in [0.05, 0.1) is 19.8 Å². The van der Waals surface area contributed by atoms with Crippen LogP contribution in [-0.4, -0.2) is 36.0 Å². The summed E-state index contributed by atoms with van der Waals surface area (Å²) in [5.74, 6) is -0.401. The maximum atomic E-state index is 13.7. The third kappa shape index (κ3) is 6.67. The second-order valence-electron chi connectivity index (χ2n) is 9.88. The summed E-state index contributed by atoms with van der Waals surface area (Å²) in [6, 6.07) is 21.5. The molecule has 0 spiro atoms. The average molecular weight is 583 g/mol. The first-order valence-electron chi connectivity index (χ1n) is 14.0. The van der Waals surface area contributed by atoms with E-state index in [0.717, 1.165) is 27.7 Å². The Morgan fingerprint density at radius 2 is 1.56 bits per heavy atom. The molecular weight excluding hydrogens is 551 g/mol. The van der Waals surface area contributed by atoms with Gasteiger partial charge in [-0.15, -0.1) is 0 Å². The third-order valence-corrected chi connectivity index (χ3v) is 6.82. The van der Waals surface area contributed by atoms with Gasteiger partial charge in [0.2, 0.25) is 0 Å². The number of benzene rings is 4. The van der Waals surface area contributed by atoms with Gasteiger partial charge in [-0.1, -0.05) is 55.5 Å². The van der Waals surface area contributed by atoms with Crippen molar-refractivity contribution >= 4 is 34.7 Å². The van der Waals surface area contributed by atoms with E-state index in [9.17, 15) is 18.8 Å². The first-order chi connectivity index (χ1) is 20.9. The second kappa shape index (κ2) is 13.2. The first kappa shape index (κ1) is 29.3. The molecule has 1 heterocycles. The van der Waals surface area contributed by atoms with E-state index in [2.05, 4.69) is 5.32 Å². The molecule has 0 aromatic heterocycles. The van der Waals surface area contributed by atoms with Crippen molar-refractivity contribution in [3.05, 3.63) is 107 Å². The van der Waals surface area contributed by atoms with Crippen LogP contribution in [0, 0.1) is 5.82 Å². The molecule has 4 amide bonds. The number of amides is 4. The molecule has 1 saturated heterocycles. The van der Waals surface area contributed by atoms with Crippen LogP contribution < -0.4 is 19.5 Å². The van der Waals surface area contributed by atoms with E-state index in [-0.39, 0.29) is 24.5 Å². The standard InChI is InChI=1S/C34H31FN2O6/c1-3-17-42-30-15-11-23(18-31(30)41-4-2)20-37-33(39)28(32(38)36-34(37)40)19-27-26-8-6-5-7-24(26)12-16-29(27)43-21-22-9-13-25(35)14-10-22/h5-16,18-19H,3-4,17,20-21H2,1-2H3,(H,36,38,40)/b28-19+. The number of hydrogen-bond donors (Lipinski definition) is 1. The molecule has 0 unspecified atom stereocenters. The number of carbonyl (C=O) groups excluding carboxylic acids is 3. The molecule has 1 aliphatic rings. The van der Waals surface area contributed by atoms with Crippen LogP contribution in [0.3, 0.4) is 0 Å². The van der Waals surface area contributed by atoms with Crippen molar-refractivity contribution in [2.45, 2.75) is 33.4 Å². The number of hydrogen-bond acceptors (Lipinski definition) is 6. The van der Waals surface area contributed by atoms with Crippen LogP contribution in [0.25, 0.3) is 16.8 Å². The number of nitrogens with one attached hydrogen (secondary N) is 1. The smallest absolute Gasteiger partial charge is 0.331 e. The summed E-state index contributed by atoms with van der Waals surface area (Å²) in [4.78, 5) is 40.5. The van der Waals surface area contributed by atoms with E-state index in [1.807, 2.05) is 44.2 Å². The van der Waals surface area contributed by atoms with Gasteiger partial charge in [0, 0.05) is 5.56 Å². The van der Waals surface area contributed by atoms with Crippen molar-refractivity contribution in [2.24, 2.45) is 0 Å². The highest BCUT2D eigenvalue weighted by Gasteiger charge is 2.36. The molecule has 8 nitrogen and oxygen atoms in total. The zero-order chi connectivity index (χ0) is 30.3. The number of ether oxygens (including phenoxy) is 3. The van der Waals surface area contributed by atoms with Gasteiger partial charge < -0.3 is 14.2 Å². The van der Waals surface area contributed by atoms with Gasteiger partial charge in [-0.2, -0.15) is 0 Å². The molecule has 0 bridgehead atoms. The predicted octanol–water partition coefficient (Wildman–Crippen LogP) is 6.41. The molecule has 1 aliphatic heterocycles. The Kier molecular flexibility index (Phi) is 9.00. The quantitative estimate of drug-likeness (QED) is 0.162. The Morgan fingerprint density at radius 1 is 0.814 bits per heavy atom. The Hall–Kier alpha value is -5.18. The van der Waals surface area contributed by atoms with Crippen LogP contribution in [0.15, 0.2) is 84.4 Å². The minimum atomic E-state index is -0.817. The third-order valence-electron chi connectivity index (χ3n) is 6.82. The van der Waals surface area contributed by atoms with Crippen LogP contribution in [0.5, 0.6) is 17.2 Å². The number of imide groups is 2. The molecule has 43 heavy (non-hydrogen) atoms. The first-order valence-corrected chi connectivity index (χ1v) is 14.0. The Balaban J connectivity index is 1.47. The minimum Gasteiger partial charge on any atom is -0.490 e. The van der Waals surface area contributed by atoms with E-state index in [4.69, 9.17) is 14.2 Å². The van der Waals surface area contributed by atoms with Crippen LogP contribution in [0.2, 0.25) is 0 Å². The lowest BCUT2D eigenvalue weighted by Gasteiger charge is -2.27. The van der Waals surface area contributed by atoms with E-state index in [1.165, 1.54) is 18.2 Å². The summed E-state index contributed by atoms with van der Waals surface area (Å²) in [5.41, 5.74) is 1.66. The van der Waals surface area contributed by atoms with E-state index in [1.54, 1.807) is 36.4 Å². The second-order valence-corrected chi connectivity index (χ2v) is 9.88. The maximum absolute atomic E-state index is 13.7. The summed E-state index contributed by atoms with van der Waals surface area (Å²) in [6.45, 7) is 4.83. The lowest BCUT2D eigenvalue weighted by atomic mass is 9.99. The fourth-order valence-corrected chi connectivity index (χ4v) is 4.71. The molecule has 0 aliphatic carbocycles. The molecule has 4 aromatic carbocycles. The molecule has 4 aromatic rings. The number of nitrogens with zero attached hydrogens (tertiary/aromatic N) is 1. The fraction of sp³-hybridized carbons (Fsp3) is 0.206. The van der Waals surface area contributed by atoms with Crippen molar-refractivity contribution in [1.29, 1.82) is 0 Å². The number of fused-ring (bicyclic) bond motifs is 1. The SMILES string of the molecule is CCCOc1ccc(CN2C(=O)NC(=O)/C(=C\c3c(OCc4ccc(F)cc4)ccc4ccccc34)C2=O)cc1OCC. The van der Waals surface area contributed by atoms with E-state index in [0.29, 0.717) is 41.6 Å². The number of rotatable bonds is 11. The van der Waals surface area contributed by atoms with Gasteiger partial charge in [-0.3, -0.25) is 19.8 Å². The average Bonchev–Trinajstić information content (AvgIpc) is 3.01. The number of halogens is 1.